The van der Waals surface area contributed by atoms with Crippen molar-refractivity contribution in [3.8, 4) is 0 Å². The highest BCUT2D eigenvalue weighted by Gasteiger charge is 2.08. The van der Waals surface area contributed by atoms with E-state index in [1.165, 1.54) is 0 Å². The number of imide groups is 1. The zero-order chi connectivity index (χ0) is 11.1. The molecule has 0 aliphatic carbocycles. The van der Waals surface area contributed by atoms with Gasteiger partial charge < -0.3 is 10.4 Å². The lowest BCUT2D eigenvalue weighted by atomic mass is 10.2. The molecule has 1 aromatic carbocycles. The molecule has 5 nitrogen and oxygen atoms in total. The average Bonchev–Trinajstić information content (AvgIpc) is 2.27. The van der Waals surface area contributed by atoms with Crippen molar-refractivity contribution < 1.29 is 14.7 Å². The highest BCUT2D eigenvalue weighted by atomic mass is 16.3. The molecule has 15 heavy (non-hydrogen) atoms. The number of urea groups is 1. The Hall–Kier alpha value is -1.88. The number of aliphatic hydroxyl groups excluding tert-OH is 1. The minimum absolute atomic E-state index is 0.119. The second-order valence-corrected chi connectivity index (χ2v) is 2.80. The molecule has 0 atom stereocenters. The van der Waals surface area contributed by atoms with Crippen molar-refractivity contribution in [2.24, 2.45) is 0 Å². The SMILES string of the molecule is O=C(NCCO)NC(=O)c1ccccc1. The molecule has 0 saturated carbocycles. The van der Waals surface area contributed by atoms with Crippen LogP contribution >= 0.6 is 0 Å². The van der Waals surface area contributed by atoms with Gasteiger partial charge in [-0.2, -0.15) is 0 Å². The summed E-state index contributed by atoms with van der Waals surface area (Å²) < 4.78 is 0. The predicted molar refractivity (Wildman–Crippen MR) is 54.4 cm³/mol. The molecule has 0 spiro atoms. The van der Waals surface area contributed by atoms with Gasteiger partial charge in [-0.15, -0.1) is 0 Å². The predicted octanol–water partition coefficient (Wildman–Crippen LogP) is 0.118. The van der Waals surface area contributed by atoms with E-state index in [2.05, 4.69) is 10.6 Å². The van der Waals surface area contributed by atoms with Crippen molar-refractivity contribution in [2.75, 3.05) is 13.2 Å². The minimum Gasteiger partial charge on any atom is -0.395 e. The Bertz CT molecular complexity index is 338. The maximum atomic E-state index is 11.4. The largest absolute Gasteiger partial charge is 0.395 e. The summed E-state index contributed by atoms with van der Waals surface area (Å²) in [5.74, 6) is -0.467. The number of benzene rings is 1. The van der Waals surface area contributed by atoms with Crippen molar-refractivity contribution in [2.45, 2.75) is 0 Å². The van der Waals surface area contributed by atoms with Crippen LogP contribution in [0.5, 0.6) is 0 Å². The molecular weight excluding hydrogens is 196 g/mol. The smallest absolute Gasteiger partial charge is 0.321 e. The quantitative estimate of drug-likeness (QED) is 0.660. The number of rotatable bonds is 3. The summed E-state index contributed by atoms with van der Waals surface area (Å²) in [7, 11) is 0. The van der Waals surface area contributed by atoms with Crippen molar-refractivity contribution in [1.29, 1.82) is 0 Å². The lowest BCUT2D eigenvalue weighted by molar-refractivity contribution is 0.0963. The van der Waals surface area contributed by atoms with Crippen LogP contribution in [0.2, 0.25) is 0 Å². The number of aliphatic hydroxyl groups is 1. The maximum absolute atomic E-state index is 11.4. The molecule has 80 valence electrons. The Labute approximate surface area is 87.1 Å². The summed E-state index contributed by atoms with van der Waals surface area (Å²) >= 11 is 0. The Balaban J connectivity index is 2.46. The zero-order valence-electron chi connectivity index (χ0n) is 8.06. The summed E-state index contributed by atoms with van der Waals surface area (Å²) in [6.07, 6.45) is 0. The summed E-state index contributed by atoms with van der Waals surface area (Å²) in [4.78, 5) is 22.4. The highest BCUT2D eigenvalue weighted by molar-refractivity contribution is 6.04. The summed E-state index contributed by atoms with van der Waals surface area (Å²) in [6.45, 7) is -0.0408. The summed E-state index contributed by atoms with van der Waals surface area (Å²) in [5.41, 5.74) is 0.414. The molecule has 0 radical (unpaired) electrons. The van der Waals surface area contributed by atoms with Gasteiger partial charge >= 0.3 is 6.03 Å². The van der Waals surface area contributed by atoms with E-state index < -0.39 is 11.9 Å². The maximum Gasteiger partial charge on any atom is 0.321 e. The van der Waals surface area contributed by atoms with Crippen LogP contribution in [0.4, 0.5) is 4.79 Å². The van der Waals surface area contributed by atoms with Gasteiger partial charge in [0.1, 0.15) is 0 Å². The molecule has 3 amide bonds. The molecule has 0 fully saturated rings. The third-order valence-corrected chi connectivity index (χ3v) is 1.66. The van der Waals surface area contributed by atoms with Gasteiger partial charge in [0, 0.05) is 12.1 Å². The fourth-order valence-corrected chi connectivity index (χ4v) is 0.978. The standard InChI is InChI=1S/C10H12N2O3/c13-7-6-11-10(15)12-9(14)8-4-2-1-3-5-8/h1-5,13H,6-7H2,(H2,11,12,14,15). The third kappa shape index (κ3) is 3.78. The average molecular weight is 208 g/mol. The Morgan fingerprint density at radius 1 is 1.20 bits per heavy atom. The van der Waals surface area contributed by atoms with Crippen LogP contribution in [0.3, 0.4) is 0 Å². The Morgan fingerprint density at radius 3 is 2.47 bits per heavy atom. The van der Waals surface area contributed by atoms with Crippen LogP contribution in [0.25, 0.3) is 0 Å². The molecule has 5 heteroatoms. The zero-order valence-corrected chi connectivity index (χ0v) is 8.06. The number of hydrogen-bond donors (Lipinski definition) is 3. The van der Waals surface area contributed by atoms with Crippen LogP contribution in [-0.4, -0.2) is 30.2 Å². The van der Waals surface area contributed by atoms with Gasteiger partial charge in [0.05, 0.1) is 6.61 Å². The van der Waals surface area contributed by atoms with E-state index in [1.54, 1.807) is 30.3 Å². The Kier molecular flexibility index (Phi) is 4.30. The molecular formula is C10H12N2O3. The van der Waals surface area contributed by atoms with Gasteiger partial charge in [-0.1, -0.05) is 18.2 Å². The first-order valence-corrected chi connectivity index (χ1v) is 4.49. The normalized spacial score (nSPS) is 9.40. The first-order chi connectivity index (χ1) is 7.24. The van der Waals surface area contributed by atoms with Crippen LogP contribution in [-0.2, 0) is 0 Å². The Morgan fingerprint density at radius 2 is 1.87 bits per heavy atom. The fourth-order valence-electron chi connectivity index (χ4n) is 0.978. The molecule has 0 unspecified atom stereocenters. The molecule has 0 aliphatic rings. The van der Waals surface area contributed by atoms with Crippen LogP contribution < -0.4 is 10.6 Å². The van der Waals surface area contributed by atoms with E-state index in [0.29, 0.717) is 5.56 Å². The van der Waals surface area contributed by atoms with Crippen molar-refractivity contribution in [1.82, 2.24) is 10.6 Å². The van der Waals surface area contributed by atoms with Crippen molar-refractivity contribution >= 4 is 11.9 Å². The molecule has 0 aromatic heterocycles. The van der Waals surface area contributed by atoms with Crippen molar-refractivity contribution in [3.05, 3.63) is 35.9 Å². The topological polar surface area (TPSA) is 78.4 Å². The van der Waals surface area contributed by atoms with E-state index in [0.717, 1.165) is 0 Å². The lowest BCUT2D eigenvalue weighted by Crippen LogP contribution is -2.40. The first-order valence-electron chi connectivity index (χ1n) is 4.49. The van der Waals surface area contributed by atoms with E-state index in [4.69, 9.17) is 5.11 Å². The number of amides is 3. The van der Waals surface area contributed by atoms with Crippen LogP contribution in [0, 0.1) is 0 Å². The molecule has 1 rings (SSSR count). The molecule has 0 aliphatic heterocycles. The van der Waals surface area contributed by atoms with Gasteiger partial charge in [-0.3, -0.25) is 10.1 Å². The van der Waals surface area contributed by atoms with E-state index in [9.17, 15) is 9.59 Å². The van der Waals surface area contributed by atoms with Gasteiger partial charge in [-0.25, -0.2) is 4.79 Å². The molecule has 0 bridgehead atoms. The minimum atomic E-state index is -0.613. The van der Waals surface area contributed by atoms with Gasteiger partial charge in [0.25, 0.3) is 5.91 Å². The van der Waals surface area contributed by atoms with E-state index in [-0.39, 0.29) is 13.2 Å². The fraction of sp³-hybridized carbons (Fsp3) is 0.200. The lowest BCUT2D eigenvalue weighted by Gasteiger charge is -2.04. The first kappa shape index (κ1) is 11.2. The van der Waals surface area contributed by atoms with Crippen LogP contribution in [0.1, 0.15) is 10.4 Å². The monoisotopic (exact) mass is 208 g/mol. The van der Waals surface area contributed by atoms with Gasteiger partial charge in [0.15, 0.2) is 0 Å². The van der Waals surface area contributed by atoms with E-state index >= 15 is 0 Å². The van der Waals surface area contributed by atoms with E-state index in [1.807, 2.05) is 0 Å². The number of carbonyl (C=O) groups excluding carboxylic acids is 2. The number of nitrogens with one attached hydrogen (secondary N) is 2. The van der Waals surface area contributed by atoms with Crippen molar-refractivity contribution in [3.63, 3.8) is 0 Å². The summed E-state index contributed by atoms with van der Waals surface area (Å²) in [5, 5.41) is 12.9. The molecule has 3 N–H and O–H groups in total. The number of hydrogen-bond acceptors (Lipinski definition) is 3. The molecule has 0 heterocycles. The number of carbonyl (C=O) groups is 2. The summed E-state index contributed by atoms with van der Waals surface area (Å²) in [6, 6.07) is 7.80. The van der Waals surface area contributed by atoms with Gasteiger partial charge in [-0.05, 0) is 12.1 Å². The highest BCUT2D eigenvalue weighted by Crippen LogP contribution is 1.97. The molecule has 1 aromatic rings. The third-order valence-electron chi connectivity index (χ3n) is 1.66. The second kappa shape index (κ2) is 5.77. The van der Waals surface area contributed by atoms with Gasteiger partial charge in [0.2, 0.25) is 0 Å². The molecule has 0 saturated heterocycles. The second-order valence-electron chi connectivity index (χ2n) is 2.80. The van der Waals surface area contributed by atoms with Crippen LogP contribution in [0.15, 0.2) is 30.3 Å².